The zero-order chi connectivity index (χ0) is 19.7. The van der Waals surface area contributed by atoms with Crippen LogP contribution in [0.3, 0.4) is 0 Å². The highest BCUT2D eigenvalue weighted by atomic mass is 32.1. The van der Waals surface area contributed by atoms with Gasteiger partial charge < -0.3 is 19.0 Å². The highest BCUT2D eigenvalue weighted by Gasteiger charge is 2.15. The number of nitrogens with one attached hydrogen (secondary N) is 1. The van der Waals surface area contributed by atoms with Crippen LogP contribution >= 0.6 is 11.3 Å². The van der Waals surface area contributed by atoms with E-state index in [2.05, 4.69) is 15.9 Å². The van der Waals surface area contributed by atoms with Crippen molar-refractivity contribution >= 4 is 38.4 Å². The first-order chi connectivity index (χ1) is 13.7. The average molecular weight is 391 g/mol. The lowest BCUT2D eigenvalue weighted by molar-refractivity contribution is 0.0999. The number of benzene rings is 2. The van der Waals surface area contributed by atoms with Crippen LogP contribution in [0.4, 0.5) is 0 Å². The molecule has 7 heteroatoms. The first-order valence-corrected chi connectivity index (χ1v) is 9.32. The SMILES string of the molecule is C#CCn1c(=NC(=O)c2c[nH]c3ccccc23)sc2cc(OC)c(OC)cc21. The van der Waals surface area contributed by atoms with Crippen LogP contribution in [0.25, 0.3) is 21.1 Å². The number of H-pyrrole nitrogens is 1. The van der Waals surface area contributed by atoms with Crippen LogP contribution in [-0.2, 0) is 6.54 Å². The van der Waals surface area contributed by atoms with Gasteiger partial charge in [-0.05, 0) is 6.07 Å². The van der Waals surface area contributed by atoms with E-state index in [9.17, 15) is 4.79 Å². The predicted octanol–water partition coefficient (Wildman–Crippen LogP) is 3.58. The summed E-state index contributed by atoms with van der Waals surface area (Å²) in [6.07, 6.45) is 7.23. The van der Waals surface area contributed by atoms with Crippen LogP contribution in [0.15, 0.2) is 47.6 Å². The number of rotatable bonds is 4. The van der Waals surface area contributed by atoms with Crippen LogP contribution in [0.1, 0.15) is 10.4 Å². The predicted molar refractivity (Wildman–Crippen MR) is 110 cm³/mol. The van der Waals surface area contributed by atoms with E-state index in [4.69, 9.17) is 15.9 Å². The van der Waals surface area contributed by atoms with E-state index in [1.807, 2.05) is 41.0 Å². The lowest BCUT2D eigenvalue weighted by Gasteiger charge is -2.08. The molecule has 28 heavy (non-hydrogen) atoms. The van der Waals surface area contributed by atoms with Crippen molar-refractivity contribution in [1.29, 1.82) is 0 Å². The third kappa shape index (κ3) is 2.94. The zero-order valence-corrected chi connectivity index (χ0v) is 16.2. The van der Waals surface area contributed by atoms with Crippen molar-refractivity contribution in [2.75, 3.05) is 14.2 Å². The van der Waals surface area contributed by atoms with Crippen LogP contribution in [0, 0.1) is 12.3 Å². The smallest absolute Gasteiger partial charge is 0.281 e. The minimum absolute atomic E-state index is 0.287. The molecule has 6 nitrogen and oxygen atoms in total. The molecule has 0 fully saturated rings. The summed E-state index contributed by atoms with van der Waals surface area (Å²) in [5, 5.41) is 0.837. The van der Waals surface area contributed by atoms with Gasteiger partial charge in [-0.15, -0.1) is 6.42 Å². The van der Waals surface area contributed by atoms with Gasteiger partial charge in [-0.2, -0.15) is 4.99 Å². The van der Waals surface area contributed by atoms with Crippen molar-refractivity contribution in [3.63, 3.8) is 0 Å². The molecule has 0 spiro atoms. The summed E-state index contributed by atoms with van der Waals surface area (Å²) < 4.78 is 13.5. The maximum absolute atomic E-state index is 12.9. The Morgan fingerprint density at radius 3 is 2.75 bits per heavy atom. The monoisotopic (exact) mass is 391 g/mol. The van der Waals surface area contributed by atoms with Gasteiger partial charge in [0.05, 0.1) is 36.5 Å². The number of carbonyl (C=O) groups excluding carboxylic acids is 1. The molecule has 0 aliphatic rings. The third-order valence-electron chi connectivity index (χ3n) is 4.45. The molecule has 0 bridgehead atoms. The Bertz CT molecular complexity index is 1300. The number of amides is 1. The highest BCUT2D eigenvalue weighted by molar-refractivity contribution is 7.16. The Balaban J connectivity index is 1.90. The molecule has 2 aromatic heterocycles. The number of terminal acetylenes is 1. The van der Waals surface area contributed by atoms with Gasteiger partial charge >= 0.3 is 0 Å². The molecule has 4 rings (SSSR count). The average Bonchev–Trinajstić information content (AvgIpc) is 3.28. The second-order valence-electron chi connectivity index (χ2n) is 6.01. The number of nitrogens with zero attached hydrogens (tertiary/aromatic N) is 2. The maximum atomic E-state index is 12.9. The van der Waals surface area contributed by atoms with Crippen LogP contribution in [-0.4, -0.2) is 29.7 Å². The molecular formula is C21H17N3O3S. The fourth-order valence-electron chi connectivity index (χ4n) is 3.12. The summed E-state index contributed by atoms with van der Waals surface area (Å²) in [6.45, 7) is 0.287. The Morgan fingerprint density at radius 2 is 2.00 bits per heavy atom. The van der Waals surface area contributed by atoms with Crippen LogP contribution in [0.5, 0.6) is 11.5 Å². The van der Waals surface area contributed by atoms with E-state index in [0.29, 0.717) is 21.9 Å². The summed E-state index contributed by atoms with van der Waals surface area (Å²) >= 11 is 1.38. The second-order valence-corrected chi connectivity index (χ2v) is 7.02. The van der Waals surface area contributed by atoms with E-state index in [1.165, 1.54) is 11.3 Å². The molecule has 0 saturated carbocycles. The van der Waals surface area contributed by atoms with Gasteiger partial charge in [-0.3, -0.25) is 4.79 Å². The number of aromatic nitrogens is 2. The van der Waals surface area contributed by atoms with Crippen LogP contribution in [0.2, 0.25) is 0 Å². The number of hydrogen-bond acceptors (Lipinski definition) is 4. The first-order valence-electron chi connectivity index (χ1n) is 8.50. The topological polar surface area (TPSA) is 68.6 Å². The van der Waals surface area contributed by atoms with Crippen molar-refractivity contribution < 1.29 is 14.3 Å². The van der Waals surface area contributed by atoms with Gasteiger partial charge in [-0.1, -0.05) is 35.5 Å². The Morgan fingerprint density at radius 1 is 1.25 bits per heavy atom. The number of carbonyl (C=O) groups is 1. The molecule has 2 heterocycles. The minimum atomic E-state index is -0.325. The van der Waals surface area contributed by atoms with E-state index in [0.717, 1.165) is 21.1 Å². The summed E-state index contributed by atoms with van der Waals surface area (Å²) in [5.41, 5.74) is 2.25. The molecule has 0 unspecified atom stereocenters. The normalized spacial score (nSPS) is 11.7. The molecule has 1 amide bonds. The number of methoxy groups -OCH3 is 2. The lowest BCUT2D eigenvalue weighted by atomic mass is 10.2. The summed E-state index contributed by atoms with van der Waals surface area (Å²) in [7, 11) is 3.16. The second kappa shape index (κ2) is 7.25. The number of para-hydroxylation sites is 1. The molecule has 0 aliphatic carbocycles. The maximum Gasteiger partial charge on any atom is 0.281 e. The largest absolute Gasteiger partial charge is 0.493 e. The lowest BCUT2D eigenvalue weighted by Crippen LogP contribution is -2.16. The quantitative estimate of drug-likeness (QED) is 0.541. The molecule has 0 saturated heterocycles. The van der Waals surface area contributed by atoms with Gasteiger partial charge in [0.25, 0.3) is 5.91 Å². The molecule has 0 aliphatic heterocycles. The molecular weight excluding hydrogens is 374 g/mol. The molecule has 0 radical (unpaired) electrons. The highest BCUT2D eigenvalue weighted by Crippen LogP contribution is 2.33. The summed E-state index contributed by atoms with van der Waals surface area (Å²) in [5.74, 6) is 3.50. The molecule has 2 aromatic carbocycles. The van der Waals surface area contributed by atoms with Gasteiger partial charge in [0.2, 0.25) is 0 Å². The minimum Gasteiger partial charge on any atom is -0.493 e. The van der Waals surface area contributed by atoms with Crippen LogP contribution < -0.4 is 14.3 Å². The zero-order valence-electron chi connectivity index (χ0n) is 15.4. The van der Waals surface area contributed by atoms with E-state index < -0.39 is 0 Å². The summed E-state index contributed by atoms with van der Waals surface area (Å²) in [4.78, 5) is 20.9. The molecule has 140 valence electrons. The Kier molecular flexibility index (Phi) is 4.63. The fourth-order valence-corrected chi connectivity index (χ4v) is 4.16. The van der Waals surface area contributed by atoms with Crippen molar-refractivity contribution in [2.24, 2.45) is 4.99 Å². The van der Waals surface area contributed by atoms with E-state index in [1.54, 1.807) is 20.4 Å². The summed E-state index contributed by atoms with van der Waals surface area (Å²) in [6, 6.07) is 11.3. The van der Waals surface area contributed by atoms with E-state index >= 15 is 0 Å². The molecule has 4 aromatic rings. The number of thiazole rings is 1. The Hall–Kier alpha value is -3.50. The number of ether oxygens (including phenoxy) is 2. The number of hydrogen-bond donors (Lipinski definition) is 1. The molecule has 1 N–H and O–H groups in total. The van der Waals surface area contributed by atoms with Crippen molar-refractivity contribution in [3.05, 3.63) is 53.0 Å². The van der Waals surface area contributed by atoms with Crippen molar-refractivity contribution in [1.82, 2.24) is 9.55 Å². The first kappa shape index (κ1) is 17.9. The van der Waals surface area contributed by atoms with E-state index in [-0.39, 0.29) is 12.5 Å². The standard InChI is InChI=1S/C21H17N3O3S/c1-4-9-24-16-10-17(26-2)18(27-3)11-19(16)28-21(24)23-20(25)14-12-22-15-8-6-5-7-13(14)15/h1,5-8,10-12,22H,9H2,2-3H3. The van der Waals surface area contributed by atoms with Gasteiger partial charge in [0.1, 0.15) is 0 Å². The van der Waals surface area contributed by atoms with Gasteiger partial charge in [0.15, 0.2) is 16.3 Å². The van der Waals surface area contributed by atoms with Crippen molar-refractivity contribution in [3.8, 4) is 23.8 Å². The number of aromatic amines is 1. The Labute approximate surface area is 165 Å². The van der Waals surface area contributed by atoms with Crippen molar-refractivity contribution in [2.45, 2.75) is 6.54 Å². The van der Waals surface area contributed by atoms with Gasteiger partial charge in [0, 0.05) is 29.2 Å². The fraction of sp³-hybridized carbons (Fsp3) is 0.143. The molecule has 0 atom stereocenters. The third-order valence-corrected chi connectivity index (χ3v) is 5.50. The van der Waals surface area contributed by atoms with Gasteiger partial charge in [-0.25, -0.2) is 0 Å². The number of fused-ring (bicyclic) bond motifs is 2.